The number of nitrogens with zero attached hydrogens (tertiary/aromatic N) is 6. The van der Waals surface area contributed by atoms with E-state index in [0.717, 1.165) is 35.4 Å². The zero-order valence-corrected chi connectivity index (χ0v) is 16.1. The summed E-state index contributed by atoms with van der Waals surface area (Å²) in [5.74, 6) is 1.09. The molecule has 1 saturated carbocycles. The summed E-state index contributed by atoms with van der Waals surface area (Å²) in [5.41, 5.74) is 6.83. The molecule has 3 heterocycles. The quantitative estimate of drug-likeness (QED) is 0.695. The largest absolute Gasteiger partial charge is 0.256 e. The lowest BCUT2D eigenvalue weighted by atomic mass is 9.82. The maximum atomic E-state index is 5.27. The van der Waals surface area contributed by atoms with Crippen molar-refractivity contribution in [2.24, 2.45) is 0 Å². The van der Waals surface area contributed by atoms with E-state index < -0.39 is 0 Å². The van der Waals surface area contributed by atoms with Crippen LogP contribution in [-0.2, 0) is 12.8 Å². The molecule has 1 fully saturated rings. The molecule has 2 aliphatic rings. The summed E-state index contributed by atoms with van der Waals surface area (Å²) in [6.45, 7) is 0. The van der Waals surface area contributed by atoms with Crippen LogP contribution in [0.4, 0.5) is 0 Å². The summed E-state index contributed by atoms with van der Waals surface area (Å²) >= 11 is 0. The molecular weight excluding hydrogens is 350 g/mol. The summed E-state index contributed by atoms with van der Waals surface area (Å²) in [4.78, 5) is 14.0. The number of fused-ring (bicyclic) bond motifs is 1. The van der Waals surface area contributed by atoms with Gasteiger partial charge in [0.1, 0.15) is 6.33 Å². The van der Waals surface area contributed by atoms with Crippen molar-refractivity contribution in [2.45, 2.75) is 70.1 Å². The summed E-state index contributed by atoms with van der Waals surface area (Å²) < 4.78 is 0. The minimum Gasteiger partial charge on any atom is -0.256 e. The SMILES string of the molecule is c1cc(-c2c3c(nc(C4CCCCC4)c2-c2nn[nH]n2)CCCCC3)ncn1. The van der Waals surface area contributed by atoms with Crippen LogP contribution in [0.3, 0.4) is 0 Å². The average molecular weight is 375 g/mol. The lowest BCUT2D eigenvalue weighted by Crippen LogP contribution is -2.14. The van der Waals surface area contributed by atoms with Crippen molar-refractivity contribution < 1.29 is 0 Å². The van der Waals surface area contributed by atoms with E-state index >= 15 is 0 Å². The number of nitrogens with one attached hydrogen (secondary N) is 1. The Labute approximate surface area is 164 Å². The number of tetrazole rings is 1. The van der Waals surface area contributed by atoms with Gasteiger partial charge in [-0.3, -0.25) is 4.98 Å². The van der Waals surface area contributed by atoms with Gasteiger partial charge in [-0.1, -0.05) is 25.7 Å². The molecule has 0 bridgehead atoms. The van der Waals surface area contributed by atoms with Gasteiger partial charge in [0.05, 0.1) is 17.0 Å². The topological polar surface area (TPSA) is 93.1 Å². The molecule has 28 heavy (non-hydrogen) atoms. The Kier molecular flexibility index (Phi) is 4.81. The van der Waals surface area contributed by atoms with Crippen molar-refractivity contribution in [3.63, 3.8) is 0 Å². The van der Waals surface area contributed by atoms with Crippen LogP contribution >= 0.6 is 0 Å². The van der Waals surface area contributed by atoms with Crippen LogP contribution in [0, 0.1) is 0 Å². The summed E-state index contributed by atoms with van der Waals surface area (Å²) in [5, 5.41) is 15.2. The Bertz CT molecular complexity index is 931. The number of H-pyrrole nitrogens is 1. The van der Waals surface area contributed by atoms with Crippen LogP contribution in [-0.4, -0.2) is 35.6 Å². The Morgan fingerprint density at radius 3 is 2.57 bits per heavy atom. The molecule has 0 spiro atoms. The molecule has 7 heteroatoms. The highest BCUT2D eigenvalue weighted by molar-refractivity contribution is 5.83. The van der Waals surface area contributed by atoms with Crippen molar-refractivity contribution in [3.8, 4) is 22.6 Å². The van der Waals surface area contributed by atoms with Crippen molar-refractivity contribution in [3.05, 3.63) is 35.5 Å². The van der Waals surface area contributed by atoms with Crippen LogP contribution in [0.2, 0.25) is 0 Å². The number of hydrogen-bond donors (Lipinski definition) is 1. The predicted molar refractivity (Wildman–Crippen MR) is 106 cm³/mol. The number of aromatic nitrogens is 7. The minimum absolute atomic E-state index is 0.455. The van der Waals surface area contributed by atoms with Gasteiger partial charge in [0.25, 0.3) is 0 Å². The first-order valence-electron chi connectivity index (χ1n) is 10.5. The molecule has 2 aliphatic carbocycles. The van der Waals surface area contributed by atoms with Gasteiger partial charge in [0.15, 0.2) is 0 Å². The Hall–Kier alpha value is -2.70. The lowest BCUT2D eigenvalue weighted by Gasteiger charge is -2.26. The van der Waals surface area contributed by atoms with Crippen molar-refractivity contribution in [1.29, 1.82) is 0 Å². The van der Waals surface area contributed by atoms with Crippen LogP contribution in [0.5, 0.6) is 0 Å². The summed E-state index contributed by atoms with van der Waals surface area (Å²) in [7, 11) is 0. The second kappa shape index (κ2) is 7.73. The Morgan fingerprint density at radius 2 is 1.79 bits per heavy atom. The standard InChI is InChI=1S/C21H25N7/c1-3-7-14(8-4-1)20-19(21-25-27-28-26-21)18(17-11-12-22-13-23-17)15-9-5-2-6-10-16(15)24-20/h11-14H,1-10H2,(H,25,26,27,28). The van der Waals surface area contributed by atoms with Crippen LogP contribution in [0.1, 0.15) is 74.2 Å². The molecular formula is C21H25N7. The second-order valence-electron chi connectivity index (χ2n) is 7.90. The molecule has 1 N–H and O–H groups in total. The van der Waals surface area contributed by atoms with Gasteiger partial charge in [-0.15, -0.1) is 10.2 Å². The second-order valence-corrected chi connectivity index (χ2v) is 7.90. The van der Waals surface area contributed by atoms with Crippen LogP contribution < -0.4 is 0 Å². The molecule has 3 aromatic rings. The highest BCUT2D eigenvalue weighted by atomic mass is 15.5. The van der Waals surface area contributed by atoms with E-state index in [1.807, 2.05) is 12.3 Å². The van der Waals surface area contributed by atoms with Crippen LogP contribution in [0.15, 0.2) is 18.6 Å². The van der Waals surface area contributed by atoms with E-state index in [1.54, 1.807) is 6.33 Å². The van der Waals surface area contributed by atoms with Gasteiger partial charge in [-0.05, 0) is 55.4 Å². The van der Waals surface area contributed by atoms with Crippen LogP contribution in [0.25, 0.3) is 22.6 Å². The molecule has 7 nitrogen and oxygen atoms in total. The highest BCUT2D eigenvalue weighted by Gasteiger charge is 2.30. The molecule has 5 rings (SSSR count). The van der Waals surface area contributed by atoms with Gasteiger partial charge in [-0.2, -0.15) is 5.21 Å². The molecule has 0 aromatic carbocycles. The Morgan fingerprint density at radius 1 is 0.929 bits per heavy atom. The summed E-state index contributed by atoms with van der Waals surface area (Å²) in [6, 6.07) is 1.99. The predicted octanol–water partition coefficient (Wildman–Crippen LogP) is 4.04. The van der Waals surface area contributed by atoms with E-state index in [-0.39, 0.29) is 0 Å². The third kappa shape index (κ3) is 3.19. The molecule has 0 aliphatic heterocycles. The zero-order valence-electron chi connectivity index (χ0n) is 16.1. The average Bonchev–Trinajstić information content (AvgIpc) is 3.19. The molecule has 0 amide bonds. The molecule has 0 radical (unpaired) electrons. The number of pyridine rings is 1. The third-order valence-electron chi connectivity index (χ3n) is 6.15. The van der Waals surface area contributed by atoms with Gasteiger partial charge < -0.3 is 0 Å². The minimum atomic E-state index is 0.455. The number of aryl methyl sites for hydroxylation is 1. The molecule has 0 atom stereocenters. The van der Waals surface area contributed by atoms with Gasteiger partial charge in [-0.25, -0.2) is 9.97 Å². The first-order chi connectivity index (χ1) is 13.9. The highest BCUT2D eigenvalue weighted by Crippen LogP contribution is 2.43. The molecule has 0 unspecified atom stereocenters. The van der Waals surface area contributed by atoms with E-state index in [2.05, 4.69) is 30.6 Å². The van der Waals surface area contributed by atoms with Gasteiger partial charge in [0.2, 0.25) is 5.82 Å². The number of rotatable bonds is 3. The third-order valence-corrected chi connectivity index (χ3v) is 6.15. The van der Waals surface area contributed by atoms with E-state index in [4.69, 9.17) is 4.98 Å². The van der Waals surface area contributed by atoms with Crippen molar-refractivity contribution >= 4 is 0 Å². The summed E-state index contributed by atoms with van der Waals surface area (Å²) in [6.07, 6.45) is 15.3. The first-order valence-corrected chi connectivity index (χ1v) is 10.5. The van der Waals surface area contributed by atoms with Crippen molar-refractivity contribution in [1.82, 2.24) is 35.6 Å². The smallest absolute Gasteiger partial charge is 0.207 e. The molecule has 0 saturated heterocycles. The number of aromatic amines is 1. The fourth-order valence-corrected chi connectivity index (χ4v) is 4.83. The Balaban J connectivity index is 1.80. The first kappa shape index (κ1) is 17.4. The van der Waals surface area contributed by atoms with Crippen molar-refractivity contribution in [2.75, 3.05) is 0 Å². The normalized spacial score (nSPS) is 17.9. The lowest BCUT2D eigenvalue weighted by molar-refractivity contribution is 0.436. The fourth-order valence-electron chi connectivity index (χ4n) is 4.83. The maximum absolute atomic E-state index is 5.27. The molecule has 3 aromatic heterocycles. The zero-order chi connectivity index (χ0) is 18.8. The van der Waals surface area contributed by atoms with Gasteiger partial charge >= 0.3 is 0 Å². The van der Waals surface area contributed by atoms with E-state index in [9.17, 15) is 0 Å². The monoisotopic (exact) mass is 375 g/mol. The van der Waals surface area contributed by atoms with Gasteiger partial charge in [0, 0.05) is 23.4 Å². The maximum Gasteiger partial charge on any atom is 0.207 e. The molecule has 144 valence electrons. The fraction of sp³-hybridized carbons (Fsp3) is 0.524. The number of hydrogen-bond acceptors (Lipinski definition) is 6. The van der Waals surface area contributed by atoms with E-state index in [0.29, 0.717) is 11.7 Å². The van der Waals surface area contributed by atoms with E-state index in [1.165, 1.54) is 62.6 Å².